The van der Waals surface area contributed by atoms with Crippen molar-refractivity contribution in [3.8, 4) is 11.1 Å². The van der Waals surface area contributed by atoms with Gasteiger partial charge in [0.15, 0.2) is 0 Å². The van der Waals surface area contributed by atoms with Gasteiger partial charge in [-0.05, 0) is 42.0 Å². The molecule has 1 aliphatic carbocycles. The molecule has 3 heteroatoms. The van der Waals surface area contributed by atoms with Gasteiger partial charge in [0, 0.05) is 5.92 Å². The maximum Gasteiger partial charge on any atom is 0.147 e. The first kappa shape index (κ1) is 13.1. The predicted octanol–water partition coefficient (Wildman–Crippen LogP) is 4.31. The summed E-state index contributed by atoms with van der Waals surface area (Å²) < 4.78 is 5.00. The molecule has 22 heavy (non-hydrogen) atoms. The first-order valence-electron chi connectivity index (χ1n) is 7.62. The van der Waals surface area contributed by atoms with Crippen molar-refractivity contribution in [1.82, 2.24) is 5.16 Å². The van der Waals surface area contributed by atoms with Crippen molar-refractivity contribution >= 4 is 5.69 Å². The zero-order valence-corrected chi connectivity index (χ0v) is 12.5. The van der Waals surface area contributed by atoms with Gasteiger partial charge in [-0.3, -0.25) is 0 Å². The average molecular weight is 290 g/mol. The third kappa shape index (κ3) is 2.10. The normalized spacial score (nSPS) is 16.7. The second-order valence-electron chi connectivity index (χ2n) is 6.03. The van der Waals surface area contributed by atoms with Crippen LogP contribution in [0, 0.1) is 6.92 Å². The molecule has 0 fully saturated rings. The molecule has 1 aromatic heterocycles. The van der Waals surface area contributed by atoms with Crippen LogP contribution >= 0.6 is 0 Å². The van der Waals surface area contributed by atoms with E-state index in [4.69, 9.17) is 10.3 Å². The number of rotatable bonds is 2. The summed E-state index contributed by atoms with van der Waals surface area (Å²) in [5, 5.41) is 4.09. The number of anilines is 1. The van der Waals surface area contributed by atoms with Crippen molar-refractivity contribution in [3.05, 3.63) is 71.1 Å². The van der Waals surface area contributed by atoms with Crippen LogP contribution in [0.3, 0.4) is 0 Å². The molecule has 0 radical (unpaired) electrons. The van der Waals surface area contributed by atoms with E-state index < -0.39 is 0 Å². The Bertz CT molecular complexity index is 818. The van der Waals surface area contributed by atoms with Gasteiger partial charge in [0.25, 0.3) is 0 Å². The summed E-state index contributed by atoms with van der Waals surface area (Å²) in [7, 11) is 0. The van der Waals surface area contributed by atoms with Crippen molar-refractivity contribution in [2.75, 3.05) is 5.73 Å². The molecule has 1 atom stereocenters. The molecule has 2 aromatic carbocycles. The van der Waals surface area contributed by atoms with Crippen molar-refractivity contribution in [2.24, 2.45) is 0 Å². The maximum atomic E-state index is 5.96. The molecule has 1 unspecified atom stereocenters. The first-order chi connectivity index (χ1) is 10.7. The van der Waals surface area contributed by atoms with Gasteiger partial charge in [-0.2, -0.15) is 0 Å². The zero-order valence-electron chi connectivity index (χ0n) is 12.5. The van der Waals surface area contributed by atoms with Crippen molar-refractivity contribution in [1.29, 1.82) is 0 Å². The van der Waals surface area contributed by atoms with E-state index in [-0.39, 0.29) is 5.92 Å². The van der Waals surface area contributed by atoms with Gasteiger partial charge in [0.2, 0.25) is 0 Å². The first-order valence-corrected chi connectivity index (χ1v) is 7.62. The quantitative estimate of drug-likeness (QED) is 0.765. The molecular weight excluding hydrogens is 272 g/mol. The summed E-state index contributed by atoms with van der Waals surface area (Å²) in [5.41, 5.74) is 14.0. The molecular formula is C19H18N2O. The maximum absolute atomic E-state index is 5.96. The fraction of sp³-hybridized carbons (Fsp3) is 0.211. The molecule has 0 saturated carbocycles. The van der Waals surface area contributed by atoms with Gasteiger partial charge in [-0.1, -0.05) is 53.2 Å². The number of nitrogens with zero attached hydrogens (tertiary/aromatic N) is 1. The Hall–Kier alpha value is -2.55. The predicted molar refractivity (Wildman–Crippen MR) is 87.7 cm³/mol. The summed E-state index contributed by atoms with van der Waals surface area (Å²) in [5.74, 6) is 0.265. The highest BCUT2D eigenvalue weighted by molar-refractivity contribution is 5.66. The molecule has 0 saturated heterocycles. The van der Waals surface area contributed by atoms with Crippen LogP contribution < -0.4 is 5.73 Å². The average Bonchev–Trinajstić information content (AvgIpc) is 3.13. The zero-order chi connectivity index (χ0) is 15.1. The molecule has 110 valence electrons. The number of aromatic nitrogens is 1. The van der Waals surface area contributed by atoms with E-state index >= 15 is 0 Å². The number of nitrogens with two attached hydrogens (primary N) is 1. The lowest BCUT2D eigenvalue weighted by molar-refractivity contribution is 0.408. The van der Waals surface area contributed by atoms with Crippen LogP contribution in [0.25, 0.3) is 11.1 Å². The van der Waals surface area contributed by atoms with E-state index in [2.05, 4.69) is 54.5 Å². The smallest absolute Gasteiger partial charge is 0.147 e. The number of benzene rings is 2. The van der Waals surface area contributed by atoms with Gasteiger partial charge in [0.1, 0.15) is 12.0 Å². The van der Waals surface area contributed by atoms with Crippen molar-refractivity contribution in [3.63, 3.8) is 0 Å². The van der Waals surface area contributed by atoms with E-state index in [1.807, 2.05) is 0 Å². The summed E-state index contributed by atoms with van der Waals surface area (Å²) in [6.45, 7) is 2.11. The molecule has 1 heterocycles. The van der Waals surface area contributed by atoms with Crippen molar-refractivity contribution < 1.29 is 4.52 Å². The molecule has 4 rings (SSSR count). The summed E-state index contributed by atoms with van der Waals surface area (Å²) >= 11 is 0. The lowest BCUT2D eigenvalue weighted by Gasteiger charge is -2.10. The van der Waals surface area contributed by atoms with E-state index in [0.29, 0.717) is 5.69 Å². The molecule has 0 aliphatic heterocycles. The number of fused-ring (bicyclic) bond motifs is 1. The summed E-state index contributed by atoms with van der Waals surface area (Å²) in [4.78, 5) is 0. The van der Waals surface area contributed by atoms with E-state index in [0.717, 1.165) is 18.5 Å². The minimum Gasteiger partial charge on any atom is -0.395 e. The Kier molecular flexibility index (Phi) is 3.00. The second-order valence-corrected chi connectivity index (χ2v) is 6.03. The fourth-order valence-electron chi connectivity index (χ4n) is 3.34. The molecule has 0 spiro atoms. The SMILES string of the molecule is Cc1ccc(-c2ccc3c(c2)CCC3c2nocc2N)cc1. The topological polar surface area (TPSA) is 52.0 Å². The number of nitrogen functional groups attached to an aromatic ring is 1. The highest BCUT2D eigenvalue weighted by Crippen LogP contribution is 2.40. The lowest BCUT2D eigenvalue weighted by Crippen LogP contribution is -2.00. The number of hydrogen-bond donors (Lipinski definition) is 1. The summed E-state index contributed by atoms with van der Waals surface area (Å²) in [6.07, 6.45) is 3.63. The van der Waals surface area contributed by atoms with E-state index in [9.17, 15) is 0 Å². The third-order valence-corrected chi connectivity index (χ3v) is 4.56. The van der Waals surface area contributed by atoms with Crippen LogP contribution in [0.2, 0.25) is 0 Å². The van der Waals surface area contributed by atoms with Gasteiger partial charge >= 0.3 is 0 Å². The Labute approximate surface area is 129 Å². The molecule has 1 aliphatic rings. The van der Waals surface area contributed by atoms with Crippen LogP contribution in [0.15, 0.2) is 53.3 Å². The number of aryl methyl sites for hydroxylation is 2. The van der Waals surface area contributed by atoms with E-state index in [1.165, 1.54) is 34.1 Å². The van der Waals surface area contributed by atoms with Crippen LogP contribution in [-0.2, 0) is 6.42 Å². The minimum atomic E-state index is 0.265. The summed E-state index contributed by atoms with van der Waals surface area (Å²) in [6, 6.07) is 15.4. The monoisotopic (exact) mass is 290 g/mol. The van der Waals surface area contributed by atoms with Crippen LogP contribution in [0.5, 0.6) is 0 Å². The largest absolute Gasteiger partial charge is 0.395 e. The van der Waals surface area contributed by atoms with Crippen molar-refractivity contribution in [2.45, 2.75) is 25.7 Å². The highest BCUT2D eigenvalue weighted by Gasteiger charge is 2.28. The standard InChI is InChI=1S/C19H18N2O/c1-12-2-4-13(5-3-12)14-6-8-16-15(10-14)7-9-17(16)19-18(20)11-22-21-19/h2-6,8,10-11,17H,7,9,20H2,1H3. The van der Waals surface area contributed by atoms with Gasteiger partial charge < -0.3 is 10.3 Å². The lowest BCUT2D eigenvalue weighted by atomic mass is 9.94. The van der Waals surface area contributed by atoms with Gasteiger partial charge in [0.05, 0.1) is 5.69 Å². The van der Waals surface area contributed by atoms with E-state index in [1.54, 1.807) is 0 Å². The Balaban J connectivity index is 1.72. The minimum absolute atomic E-state index is 0.265. The Morgan fingerprint density at radius 1 is 1.09 bits per heavy atom. The molecule has 3 aromatic rings. The third-order valence-electron chi connectivity index (χ3n) is 4.56. The number of hydrogen-bond acceptors (Lipinski definition) is 3. The molecule has 2 N–H and O–H groups in total. The van der Waals surface area contributed by atoms with Gasteiger partial charge in [-0.25, -0.2) is 0 Å². The van der Waals surface area contributed by atoms with Crippen LogP contribution in [0.1, 0.15) is 34.7 Å². The van der Waals surface area contributed by atoms with Crippen LogP contribution in [0.4, 0.5) is 5.69 Å². The molecule has 3 nitrogen and oxygen atoms in total. The fourth-order valence-corrected chi connectivity index (χ4v) is 3.34. The molecule has 0 bridgehead atoms. The van der Waals surface area contributed by atoms with Gasteiger partial charge in [-0.15, -0.1) is 0 Å². The van der Waals surface area contributed by atoms with Crippen LogP contribution in [-0.4, -0.2) is 5.16 Å². The Morgan fingerprint density at radius 2 is 1.86 bits per heavy atom. The highest BCUT2D eigenvalue weighted by atomic mass is 16.5. The Morgan fingerprint density at radius 3 is 2.59 bits per heavy atom. The molecule has 0 amide bonds. The second kappa shape index (κ2) is 5.02.